The average molecular weight is 390 g/mol. The molecule has 1 rings (SSSR count). The van der Waals surface area contributed by atoms with E-state index in [1.54, 1.807) is 0 Å². The van der Waals surface area contributed by atoms with E-state index in [0.717, 1.165) is 23.0 Å². The van der Waals surface area contributed by atoms with Crippen LogP contribution in [0, 0.1) is 13.8 Å². The van der Waals surface area contributed by atoms with E-state index < -0.39 is 7.26 Å². The molecule has 0 aliphatic carbocycles. The van der Waals surface area contributed by atoms with Crippen molar-refractivity contribution in [3.63, 3.8) is 0 Å². The number of anilines is 1. The molecule has 0 bridgehead atoms. The van der Waals surface area contributed by atoms with E-state index in [2.05, 4.69) is 25.6 Å². The van der Waals surface area contributed by atoms with Crippen molar-refractivity contribution < 1.29 is 37.5 Å². The van der Waals surface area contributed by atoms with Gasteiger partial charge in [-0.25, -0.2) is 0 Å². The molecule has 0 aliphatic heterocycles. The summed E-state index contributed by atoms with van der Waals surface area (Å²) in [5.41, 5.74) is 3.00. The summed E-state index contributed by atoms with van der Waals surface area (Å²) < 4.78 is 0. The Bertz CT molecular complexity index is 468. The van der Waals surface area contributed by atoms with Crippen molar-refractivity contribution in [2.45, 2.75) is 33.4 Å². The van der Waals surface area contributed by atoms with Crippen LogP contribution >= 0.6 is 18.9 Å². The number of halogens is 1. The molecule has 1 aromatic carbocycles. The monoisotopic (exact) mass is 389 g/mol. The summed E-state index contributed by atoms with van der Waals surface area (Å²) in [6, 6.07) is 3.77. The minimum Gasteiger partial charge on any atom is -0.322 e. The van der Waals surface area contributed by atoms with E-state index in [1.165, 1.54) is 0 Å². The van der Waals surface area contributed by atoms with Gasteiger partial charge >= 0.3 is 0 Å². The molecule has 2 nitrogen and oxygen atoms in total. The molecule has 1 unspecified atom stereocenters. The third-order valence-electron chi connectivity index (χ3n) is 3.99. The van der Waals surface area contributed by atoms with Gasteiger partial charge in [-0.15, -0.1) is 0 Å². The van der Waals surface area contributed by atoms with Crippen LogP contribution in [0.2, 0.25) is 5.02 Å². The third kappa shape index (κ3) is 5.06. The maximum absolute atomic E-state index is 12.4. The maximum atomic E-state index is 12.4. The molecule has 5 heteroatoms. The molecule has 1 aromatic rings. The molecule has 0 fully saturated rings. The van der Waals surface area contributed by atoms with Gasteiger partial charge in [-0.05, 0) is 51.0 Å². The molecule has 1 amide bonds. The number of benzene rings is 1. The van der Waals surface area contributed by atoms with Gasteiger partial charge < -0.3 is 5.32 Å². The maximum Gasteiger partial charge on any atom is 0.264 e. The summed E-state index contributed by atoms with van der Waals surface area (Å²) >= 11 is 6.01. The summed E-state index contributed by atoms with van der Waals surface area (Å²) in [6.45, 7) is 12.6. The number of nitrogens with one attached hydrogen (secondary N) is 1. The fraction of sp³-hybridized carbons (Fsp3) is 0.533. The Morgan fingerprint density at radius 1 is 1.30 bits per heavy atom. The first-order valence-corrected chi connectivity index (χ1v) is 9.91. The zero-order valence-electron chi connectivity index (χ0n) is 13.2. The molecule has 20 heavy (non-hydrogen) atoms. The predicted octanol–water partition coefficient (Wildman–Crippen LogP) is 4.58. The van der Waals surface area contributed by atoms with Crippen molar-refractivity contribution >= 4 is 30.5 Å². The molecule has 0 spiro atoms. The molecule has 109 valence electrons. The molecule has 1 N–H and O–H groups in total. The second kappa shape index (κ2) is 8.23. The van der Waals surface area contributed by atoms with Crippen molar-refractivity contribution in [1.82, 2.24) is 0 Å². The fourth-order valence-electron chi connectivity index (χ4n) is 1.93. The molecule has 0 aliphatic rings. The minimum absolute atomic E-state index is 0. The van der Waals surface area contributed by atoms with Gasteiger partial charge in [-0.1, -0.05) is 11.6 Å². The summed E-state index contributed by atoms with van der Waals surface area (Å²) in [5.74, 6) is 0.119. The molecule has 0 aromatic heterocycles. The molecular weight excluding hydrogens is 366 g/mol. The molecule has 1 atom stereocenters. The topological polar surface area (TPSA) is 29.1 Å². The van der Waals surface area contributed by atoms with E-state index in [-0.39, 0.29) is 44.3 Å². The van der Waals surface area contributed by atoms with E-state index >= 15 is 0 Å². The van der Waals surface area contributed by atoms with Crippen LogP contribution < -0.4 is 5.32 Å². The number of hydrogen-bond acceptors (Lipinski definition) is 1. The summed E-state index contributed by atoms with van der Waals surface area (Å²) in [4.78, 5) is 12.4. The van der Waals surface area contributed by atoms with Crippen molar-refractivity contribution in [2.24, 2.45) is 0 Å². The second-order valence-electron chi connectivity index (χ2n) is 5.67. The second-order valence-corrected chi connectivity index (χ2v) is 11.1. The molecule has 0 saturated carbocycles. The predicted molar refractivity (Wildman–Crippen MR) is 88.3 cm³/mol. The first-order chi connectivity index (χ1) is 8.69. The van der Waals surface area contributed by atoms with Gasteiger partial charge in [0.1, 0.15) is 5.66 Å². The first kappa shape index (κ1) is 20.5. The van der Waals surface area contributed by atoms with E-state index in [4.69, 9.17) is 11.6 Å². The zero-order valence-corrected chi connectivity index (χ0v) is 17.7. The number of carbonyl (C=O) groups is 1. The van der Waals surface area contributed by atoms with E-state index in [1.807, 2.05) is 32.9 Å². The van der Waals surface area contributed by atoms with Crippen LogP contribution in [0.25, 0.3) is 0 Å². The van der Waals surface area contributed by atoms with Gasteiger partial charge in [0.2, 0.25) is 0 Å². The average Bonchev–Trinajstić information content (AvgIpc) is 2.32. The molecular formula is C15H24ClNOPY+. The normalized spacial score (nSPS) is 12.6. The van der Waals surface area contributed by atoms with Crippen molar-refractivity contribution in [2.75, 3.05) is 24.8 Å². The van der Waals surface area contributed by atoms with Crippen LogP contribution in [0.5, 0.6) is 0 Å². The van der Waals surface area contributed by atoms with Gasteiger partial charge in [-0.2, -0.15) is 0 Å². The van der Waals surface area contributed by atoms with Crippen LogP contribution in [-0.4, -0.2) is 31.1 Å². The van der Waals surface area contributed by atoms with E-state index in [9.17, 15) is 4.79 Å². The SMILES string of the molecule is CC[P+](C)(C)C(C)C(=O)Nc1c(C)cc(Cl)cc1C.[Y]. The molecule has 1 radical (unpaired) electrons. The minimum atomic E-state index is -1.19. The van der Waals surface area contributed by atoms with Crippen LogP contribution in [0.4, 0.5) is 5.69 Å². The Labute approximate surface area is 153 Å². The van der Waals surface area contributed by atoms with E-state index in [0.29, 0.717) is 5.02 Å². The van der Waals surface area contributed by atoms with Crippen LogP contribution in [0.15, 0.2) is 12.1 Å². The number of aryl methyl sites for hydroxylation is 2. The fourth-order valence-corrected chi connectivity index (χ4v) is 3.50. The van der Waals surface area contributed by atoms with Gasteiger partial charge in [-0.3, -0.25) is 4.79 Å². The summed E-state index contributed by atoms with van der Waals surface area (Å²) in [7, 11) is -1.19. The van der Waals surface area contributed by atoms with Gasteiger partial charge in [0, 0.05) is 64.0 Å². The molecule has 0 heterocycles. The van der Waals surface area contributed by atoms with Gasteiger partial charge in [0.25, 0.3) is 5.91 Å². The smallest absolute Gasteiger partial charge is 0.264 e. The largest absolute Gasteiger partial charge is 0.322 e. The Balaban J connectivity index is 0.00000361. The summed E-state index contributed by atoms with van der Waals surface area (Å²) in [5, 5.41) is 3.79. The number of amides is 1. The van der Waals surface area contributed by atoms with Gasteiger partial charge in [0.05, 0.1) is 6.16 Å². The number of hydrogen-bond donors (Lipinski definition) is 1. The number of rotatable bonds is 4. The Morgan fingerprint density at radius 2 is 1.75 bits per heavy atom. The van der Waals surface area contributed by atoms with Crippen molar-refractivity contribution in [3.05, 3.63) is 28.3 Å². The zero-order chi connectivity index (χ0) is 14.8. The van der Waals surface area contributed by atoms with Crippen molar-refractivity contribution in [3.8, 4) is 0 Å². The Morgan fingerprint density at radius 3 is 2.15 bits per heavy atom. The summed E-state index contributed by atoms with van der Waals surface area (Å²) in [6.07, 6.45) is 1.08. The van der Waals surface area contributed by atoms with Gasteiger partial charge in [0.15, 0.2) is 0 Å². The van der Waals surface area contributed by atoms with Crippen LogP contribution in [0.1, 0.15) is 25.0 Å². The number of carbonyl (C=O) groups excluding carboxylic acids is 1. The standard InChI is InChI=1S/C15H23ClNOP.Y/c1-7-19(5,6)12(4)15(18)17-14-10(2)8-13(16)9-11(14)3;/h8-9,12H,7H2,1-6H3;/p+1. The van der Waals surface area contributed by atoms with Crippen LogP contribution in [0.3, 0.4) is 0 Å². The Kier molecular flexibility index (Phi) is 8.44. The third-order valence-corrected chi connectivity index (χ3v) is 8.17. The Hall–Kier alpha value is 0.514. The van der Waals surface area contributed by atoms with Crippen LogP contribution in [-0.2, 0) is 37.5 Å². The quantitative estimate of drug-likeness (QED) is 0.750. The molecule has 0 saturated heterocycles. The first-order valence-electron chi connectivity index (χ1n) is 6.59. The van der Waals surface area contributed by atoms with Crippen molar-refractivity contribution in [1.29, 1.82) is 0 Å².